The zero-order valence-electron chi connectivity index (χ0n) is 20.7. The van der Waals surface area contributed by atoms with Crippen molar-refractivity contribution in [3.05, 3.63) is 64.5 Å². The highest BCUT2D eigenvalue weighted by Crippen LogP contribution is 2.34. The van der Waals surface area contributed by atoms with Gasteiger partial charge in [0.2, 0.25) is 0 Å². The predicted octanol–water partition coefficient (Wildman–Crippen LogP) is 3.02. The summed E-state index contributed by atoms with van der Waals surface area (Å²) in [7, 11) is 0. The first-order chi connectivity index (χ1) is 18.0. The molecule has 0 radical (unpaired) electrons. The molecule has 2 saturated heterocycles. The van der Waals surface area contributed by atoms with Crippen LogP contribution in [0.1, 0.15) is 24.9 Å². The van der Waals surface area contributed by atoms with Crippen LogP contribution in [0.3, 0.4) is 0 Å². The molecular weight excluding hydrogens is 476 g/mol. The monoisotopic (exact) mass is 506 g/mol. The van der Waals surface area contributed by atoms with Crippen LogP contribution in [-0.2, 0) is 9.53 Å². The van der Waals surface area contributed by atoms with Gasteiger partial charge in [0, 0.05) is 56.3 Å². The molecule has 2 aliphatic rings. The zero-order valence-corrected chi connectivity index (χ0v) is 20.7. The van der Waals surface area contributed by atoms with Gasteiger partial charge in [-0.05, 0) is 12.5 Å². The largest absolute Gasteiger partial charge is 0.485 e. The molecule has 0 saturated carbocycles. The number of esters is 1. The molecule has 5 rings (SSSR count). The molecule has 37 heavy (non-hydrogen) atoms. The highest BCUT2D eigenvalue weighted by Gasteiger charge is 2.31. The van der Waals surface area contributed by atoms with Crippen molar-refractivity contribution in [2.24, 2.45) is 0 Å². The Morgan fingerprint density at radius 3 is 2.68 bits per heavy atom. The van der Waals surface area contributed by atoms with E-state index in [9.17, 15) is 14.9 Å². The third-order valence-corrected chi connectivity index (χ3v) is 6.99. The molecule has 0 amide bonds. The number of aromatic nitrogens is 2. The van der Waals surface area contributed by atoms with E-state index in [1.807, 2.05) is 37.3 Å². The fourth-order valence-electron chi connectivity index (χ4n) is 4.85. The van der Waals surface area contributed by atoms with Crippen LogP contribution in [0.15, 0.2) is 48.8 Å². The number of fused-ring (bicyclic) bond motifs is 1. The van der Waals surface area contributed by atoms with Gasteiger partial charge in [-0.1, -0.05) is 30.3 Å². The molecule has 0 bridgehead atoms. The van der Waals surface area contributed by atoms with E-state index in [2.05, 4.69) is 25.1 Å². The minimum atomic E-state index is -0.435. The van der Waals surface area contributed by atoms with Gasteiger partial charge in [-0.3, -0.25) is 24.7 Å². The first kappa shape index (κ1) is 24.8. The Labute approximate surface area is 214 Å². The Hall–Kier alpha value is -3.83. The van der Waals surface area contributed by atoms with Crippen LogP contribution in [0.4, 0.5) is 11.5 Å². The summed E-state index contributed by atoms with van der Waals surface area (Å²) in [6.45, 7) is 6.84. The lowest BCUT2D eigenvalue weighted by Crippen LogP contribution is -2.51. The van der Waals surface area contributed by atoms with Crippen LogP contribution in [-0.4, -0.2) is 82.6 Å². The number of nitrogens with zero attached hydrogens (tertiary/aromatic N) is 5. The number of rotatable bonds is 9. The van der Waals surface area contributed by atoms with Crippen molar-refractivity contribution in [1.29, 1.82) is 0 Å². The molecule has 0 spiro atoms. The number of nitrogens with one attached hydrogen (secondary N) is 1. The van der Waals surface area contributed by atoms with Crippen LogP contribution >= 0.6 is 0 Å². The van der Waals surface area contributed by atoms with Crippen molar-refractivity contribution in [2.75, 3.05) is 51.3 Å². The summed E-state index contributed by atoms with van der Waals surface area (Å²) < 4.78 is 11.0. The second-order valence-corrected chi connectivity index (χ2v) is 9.36. The number of nitro benzene ring substituents is 1. The molecule has 3 aromatic rings. The SMILES string of the molecule is C[C@@H](Nc1ncnc2cc(OCCN3CCN(C4COC(=O)C4)CC3)c([N+](=O)[O-])cc12)c1ccccc1. The topological polar surface area (TPSA) is 123 Å². The number of piperazine rings is 1. The van der Waals surface area contributed by atoms with E-state index in [1.165, 1.54) is 12.4 Å². The van der Waals surface area contributed by atoms with E-state index in [-0.39, 0.29) is 29.5 Å². The quantitative estimate of drug-likeness (QED) is 0.263. The van der Waals surface area contributed by atoms with Gasteiger partial charge in [0.05, 0.1) is 22.9 Å². The Kier molecular flexibility index (Phi) is 7.42. The Balaban J connectivity index is 1.23. The lowest BCUT2D eigenvalue weighted by atomic mass is 10.1. The van der Waals surface area contributed by atoms with E-state index in [4.69, 9.17) is 9.47 Å². The first-order valence-electron chi connectivity index (χ1n) is 12.5. The van der Waals surface area contributed by atoms with Gasteiger partial charge >= 0.3 is 11.7 Å². The molecule has 194 valence electrons. The summed E-state index contributed by atoms with van der Waals surface area (Å²) in [6, 6.07) is 13.1. The number of hydrogen-bond acceptors (Lipinski definition) is 10. The standard InChI is InChI=1S/C26H30N6O5/c1-18(19-5-3-2-4-6-19)29-26-21-14-23(32(34)35)24(15-22(21)27-17-28-26)36-12-11-30-7-9-31(10-8-30)20-13-25(33)37-16-20/h2-6,14-15,17-18,20H,7-13,16H2,1H3,(H,27,28,29)/t18-,20?/m1/s1. The molecule has 1 unspecified atom stereocenters. The van der Waals surface area contributed by atoms with E-state index < -0.39 is 4.92 Å². The first-order valence-corrected chi connectivity index (χ1v) is 12.5. The Morgan fingerprint density at radius 2 is 1.97 bits per heavy atom. The number of anilines is 1. The maximum Gasteiger partial charge on any atom is 0.311 e. The van der Waals surface area contributed by atoms with Crippen LogP contribution in [0.2, 0.25) is 0 Å². The normalized spacial score (nSPS) is 19.5. The molecule has 2 fully saturated rings. The molecule has 0 aliphatic carbocycles. The highest BCUT2D eigenvalue weighted by atomic mass is 16.6. The zero-order chi connectivity index (χ0) is 25.8. The molecule has 11 heteroatoms. The van der Waals surface area contributed by atoms with Crippen LogP contribution < -0.4 is 10.1 Å². The maximum atomic E-state index is 11.9. The molecular formula is C26H30N6O5. The van der Waals surface area contributed by atoms with Crippen LogP contribution in [0.5, 0.6) is 5.75 Å². The van der Waals surface area contributed by atoms with Crippen molar-refractivity contribution in [3.8, 4) is 5.75 Å². The summed E-state index contributed by atoms with van der Waals surface area (Å²) >= 11 is 0. The van der Waals surface area contributed by atoms with Crippen molar-refractivity contribution >= 4 is 28.4 Å². The van der Waals surface area contributed by atoms with E-state index in [0.29, 0.717) is 42.9 Å². The van der Waals surface area contributed by atoms with E-state index in [0.717, 1.165) is 31.7 Å². The molecule has 2 atom stereocenters. The van der Waals surface area contributed by atoms with Gasteiger partial charge in [0.15, 0.2) is 5.75 Å². The fourth-order valence-corrected chi connectivity index (χ4v) is 4.85. The Morgan fingerprint density at radius 1 is 1.19 bits per heavy atom. The lowest BCUT2D eigenvalue weighted by Gasteiger charge is -2.36. The van der Waals surface area contributed by atoms with Gasteiger partial charge < -0.3 is 14.8 Å². The van der Waals surface area contributed by atoms with E-state index in [1.54, 1.807) is 6.07 Å². The molecule has 1 aromatic heterocycles. The van der Waals surface area contributed by atoms with Gasteiger partial charge in [0.25, 0.3) is 0 Å². The third kappa shape index (κ3) is 5.78. The number of hydrogen-bond donors (Lipinski definition) is 1. The average molecular weight is 507 g/mol. The number of carbonyl (C=O) groups is 1. The van der Waals surface area contributed by atoms with Crippen LogP contribution in [0, 0.1) is 10.1 Å². The molecule has 2 aliphatic heterocycles. The van der Waals surface area contributed by atoms with Crippen molar-refractivity contribution in [1.82, 2.24) is 19.8 Å². The Bertz CT molecular complexity index is 1270. The smallest absolute Gasteiger partial charge is 0.311 e. The fraction of sp³-hybridized carbons (Fsp3) is 0.423. The lowest BCUT2D eigenvalue weighted by molar-refractivity contribution is -0.385. The van der Waals surface area contributed by atoms with Crippen molar-refractivity contribution < 1.29 is 19.2 Å². The van der Waals surface area contributed by atoms with Crippen LogP contribution in [0.25, 0.3) is 10.9 Å². The summed E-state index contributed by atoms with van der Waals surface area (Å²) in [5, 5.41) is 15.8. The van der Waals surface area contributed by atoms with E-state index >= 15 is 0 Å². The number of carbonyl (C=O) groups excluding carboxylic acids is 1. The van der Waals surface area contributed by atoms with Crippen molar-refractivity contribution in [2.45, 2.75) is 25.4 Å². The van der Waals surface area contributed by atoms with Gasteiger partial charge in [0.1, 0.15) is 25.4 Å². The summed E-state index contributed by atoms with van der Waals surface area (Å²) in [5.41, 5.74) is 1.53. The summed E-state index contributed by atoms with van der Waals surface area (Å²) in [5.74, 6) is 0.596. The van der Waals surface area contributed by atoms with Gasteiger partial charge in [-0.2, -0.15) is 0 Å². The van der Waals surface area contributed by atoms with Gasteiger partial charge in [-0.25, -0.2) is 9.97 Å². The second-order valence-electron chi connectivity index (χ2n) is 9.36. The summed E-state index contributed by atoms with van der Waals surface area (Å²) in [6.07, 6.45) is 1.90. The number of benzene rings is 2. The number of ether oxygens (including phenoxy) is 2. The molecule has 1 N–H and O–H groups in total. The summed E-state index contributed by atoms with van der Waals surface area (Å²) in [4.78, 5) is 36.1. The molecule has 11 nitrogen and oxygen atoms in total. The highest BCUT2D eigenvalue weighted by molar-refractivity contribution is 5.92. The molecule has 2 aromatic carbocycles. The third-order valence-electron chi connectivity index (χ3n) is 6.99. The van der Waals surface area contributed by atoms with Crippen molar-refractivity contribution in [3.63, 3.8) is 0 Å². The van der Waals surface area contributed by atoms with Gasteiger partial charge in [-0.15, -0.1) is 0 Å². The molecule has 3 heterocycles. The second kappa shape index (κ2) is 11.1. The maximum absolute atomic E-state index is 11.9. The predicted molar refractivity (Wildman–Crippen MR) is 138 cm³/mol. The minimum absolute atomic E-state index is 0.0450. The average Bonchev–Trinajstić information content (AvgIpc) is 3.35. The minimum Gasteiger partial charge on any atom is -0.485 e. The number of cyclic esters (lactones) is 1. The number of nitro groups is 1.